The lowest BCUT2D eigenvalue weighted by molar-refractivity contribution is 0.140. The van der Waals surface area contributed by atoms with Crippen LogP contribution < -0.4 is 10.2 Å². The molecule has 0 bridgehead atoms. The van der Waals surface area contributed by atoms with Gasteiger partial charge in [-0.3, -0.25) is 0 Å². The fourth-order valence-corrected chi connectivity index (χ4v) is 3.71. The Kier molecular flexibility index (Phi) is 4.33. The molecule has 6 nitrogen and oxygen atoms in total. The normalized spacial score (nSPS) is 23.2. The molecular weight excluding hydrogens is 290 g/mol. The Hall–Kier alpha value is -1.98. The van der Waals surface area contributed by atoms with E-state index in [-0.39, 0.29) is 6.03 Å². The molecule has 1 fully saturated rings. The summed E-state index contributed by atoms with van der Waals surface area (Å²) in [4.78, 5) is 22.7. The molecule has 1 N–H and O–H groups in total. The van der Waals surface area contributed by atoms with E-state index in [1.165, 1.54) is 11.3 Å². The molecule has 2 atom stereocenters. The number of rotatable bonds is 2. The lowest BCUT2D eigenvalue weighted by atomic mass is 9.91. The van der Waals surface area contributed by atoms with Crippen LogP contribution in [0.25, 0.3) is 0 Å². The third-order valence-corrected chi connectivity index (χ3v) is 5.15. The van der Waals surface area contributed by atoms with Gasteiger partial charge in [-0.15, -0.1) is 0 Å². The van der Waals surface area contributed by atoms with Crippen molar-refractivity contribution in [3.63, 3.8) is 0 Å². The molecule has 1 unspecified atom stereocenters. The number of carbonyl (C=O) groups excluding carboxylic acids is 1. The van der Waals surface area contributed by atoms with E-state index in [1.807, 2.05) is 25.2 Å². The number of nitrogens with one attached hydrogen (secondary N) is 1. The number of likely N-dealkylation sites (N-methyl/N-ethyl adjacent to an activating group) is 1. The van der Waals surface area contributed by atoms with E-state index in [4.69, 9.17) is 0 Å². The Morgan fingerprint density at radius 2 is 2.17 bits per heavy atom. The van der Waals surface area contributed by atoms with Crippen molar-refractivity contribution in [1.82, 2.24) is 14.8 Å². The smallest absolute Gasteiger partial charge is 0.319 e. The van der Waals surface area contributed by atoms with E-state index in [1.54, 1.807) is 4.90 Å². The highest BCUT2D eigenvalue weighted by Crippen LogP contribution is 2.33. The van der Waals surface area contributed by atoms with Crippen molar-refractivity contribution in [2.45, 2.75) is 25.8 Å². The Bertz CT molecular complexity index is 588. The van der Waals surface area contributed by atoms with Crippen LogP contribution in [-0.4, -0.2) is 67.6 Å². The van der Waals surface area contributed by atoms with Crippen molar-refractivity contribution in [3.05, 3.63) is 17.8 Å². The summed E-state index contributed by atoms with van der Waals surface area (Å²) in [5.41, 5.74) is 2.55. The van der Waals surface area contributed by atoms with Crippen LogP contribution in [0.5, 0.6) is 0 Å². The number of pyridine rings is 1. The van der Waals surface area contributed by atoms with Gasteiger partial charge in [0.1, 0.15) is 5.82 Å². The number of likely N-dealkylation sites (tertiary alicyclic amines) is 1. The van der Waals surface area contributed by atoms with Crippen molar-refractivity contribution in [2.24, 2.45) is 5.92 Å². The van der Waals surface area contributed by atoms with Crippen LogP contribution in [0.3, 0.4) is 0 Å². The average molecular weight is 317 g/mol. The van der Waals surface area contributed by atoms with Crippen molar-refractivity contribution in [3.8, 4) is 0 Å². The van der Waals surface area contributed by atoms with Gasteiger partial charge in [-0.05, 0) is 24.8 Å². The molecule has 3 rings (SSSR count). The third kappa shape index (κ3) is 2.94. The number of hydrogen-bond donors (Lipinski definition) is 1. The van der Waals surface area contributed by atoms with Crippen LogP contribution in [0.2, 0.25) is 0 Å². The molecule has 1 aromatic heterocycles. The van der Waals surface area contributed by atoms with Gasteiger partial charge < -0.3 is 20.0 Å². The molecule has 1 aromatic rings. The molecule has 3 heterocycles. The van der Waals surface area contributed by atoms with Crippen molar-refractivity contribution in [2.75, 3.05) is 51.0 Å². The predicted octanol–water partition coefficient (Wildman–Crippen LogP) is 1.88. The van der Waals surface area contributed by atoms with E-state index in [0.29, 0.717) is 12.0 Å². The fraction of sp³-hybridized carbons (Fsp3) is 0.647. The van der Waals surface area contributed by atoms with Crippen LogP contribution in [-0.2, 0) is 6.42 Å². The summed E-state index contributed by atoms with van der Waals surface area (Å²) in [5, 5.41) is 3.34. The van der Waals surface area contributed by atoms with Crippen LogP contribution >= 0.6 is 0 Å². The maximum Gasteiger partial charge on any atom is 0.319 e. The van der Waals surface area contributed by atoms with Gasteiger partial charge in [0.25, 0.3) is 0 Å². The summed E-state index contributed by atoms with van der Waals surface area (Å²) in [5.74, 6) is 1.57. The first-order chi connectivity index (χ1) is 11.0. The molecule has 0 aliphatic carbocycles. The van der Waals surface area contributed by atoms with E-state index in [9.17, 15) is 4.79 Å². The highest BCUT2D eigenvalue weighted by atomic mass is 16.2. The molecule has 1 saturated heterocycles. The van der Waals surface area contributed by atoms with Crippen LogP contribution in [0.1, 0.15) is 18.9 Å². The Labute approximate surface area is 138 Å². The number of fused-ring (bicyclic) bond motifs is 1. The maximum atomic E-state index is 12.3. The van der Waals surface area contributed by atoms with E-state index in [0.717, 1.165) is 38.3 Å². The third-order valence-electron chi connectivity index (χ3n) is 5.15. The van der Waals surface area contributed by atoms with Crippen molar-refractivity contribution < 1.29 is 4.79 Å². The number of nitrogens with zero attached hydrogens (tertiary/aromatic N) is 4. The molecule has 2 aliphatic rings. The predicted molar refractivity (Wildman–Crippen MR) is 93.1 cm³/mol. The van der Waals surface area contributed by atoms with Crippen LogP contribution in [0.15, 0.2) is 12.3 Å². The van der Waals surface area contributed by atoms with E-state index < -0.39 is 0 Å². The fourth-order valence-electron chi connectivity index (χ4n) is 3.71. The van der Waals surface area contributed by atoms with Gasteiger partial charge in [0.05, 0.1) is 0 Å². The summed E-state index contributed by atoms with van der Waals surface area (Å²) in [6.45, 7) is 4.87. The number of urea groups is 1. The quantitative estimate of drug-likeness (QED) is 0.905. The van der Waals surface area contributed by atoms with Gasteiger partial charge in [-0.25, -0.2) is 9.78 Å². The largest absolute Gasteiger partial charge is 0.369 e. The van der Waals surface area contributed by atoms with E-state index in [2.05, 4.69) is 35.2 Å². The first kappa shape index (κ1) is 15.9. The second-order valence-electron chi connectivity index (χ2n) is 6.90. The lowest BCUT2D eigenvalue weighted by Gasteiger charge is -2.43. The highest BCUT2D eigenvalue weighted by molar-refractivity contribution is 5.74. The van der Waals surface area contributed by atoms with Gasteiger partial charge in [0.2, 0.25) is 0 Å². The lowest BCUT2D eigenvalue weighted by Crippen LogP contribution is -2.54. The van der Waals surface area contributed by atoms with Gasteiger partial charge in [0, 0.05) is 64.3 Å². The minimum absolute atomic E-state index is 0.108. The Morgan fingerprint density at radius 3 is 2.91 bits per heavy atom. The van der Waals surface area contributed by atoms with Gasteiger partial charge >= 0.3 is 6.03 Å². The van der Waals surface area contributed by atoms with Crippen molar-refractivity contribution >= 4 is 17.5 Å². The summed E-state index contributed by atoms with van der Waals surface area (Å²) >= 11 is 0. The maximum absolute atomic E-state index is 12.3. The summed E-state index contributed by atoms with van der Waals surface area (Å²) in [6, 6.07) is 2.54. The van der Waals surface area contributed by atoms with E-state index >= 15 is 0 Å². The second kappa shape index (κ2) is 6.26. The average Bonchev–Trinajstić information content (AvgIpc) is 3.02. The number of carbonyl (C=O) groups is 1. The standard InChI is InChI=1S/C17H27N5O/c1-12-7-10-22(17(23)20(2)3)11-15(12)21(4)14-6-9-19-16-13(14)5-8-18-16/h6,9,12,15H,5,7-8,10-11H2,1-4H3,(H,18,19)/t12-,15?/m1/s1. The zero-order valence-corrected chi connectivity index (χ0v) is 14.5. The molecule has 0 saturated carbocycles. The minimum Gasteiger partial charge on any atom is -0.369 e. The monoisotopic (exact) mass is 317 g/mol. The molecule has 126 valence electrons. The molecule has 23 heavy (non-hydrogen) atoms. The highest BCUT2D eigenvalue weighted by Gasteiger charge is 2.33. The molecule has 0 aromatic carbocycles. The summed E-state index contributed by atoms with van der Waals surface area (Å²) in [7, 11) is 5.79. The Balaban J connectivity index is 1.82. The summed E-state index contributed by atoms with van der Waals surface area (Å²) in [6.07, 6.45) is 3.93. The zero-order valence-electron chi connectivity index (χ0n) is 14.5. The first-order valence-electron chi connectivity index (χ1n) is 8.40. The minimum atomic E-state index is 0.108. The first-order valence-corrected chi connectivity index (χ1v) is 8.40. The molecule has 0 radical (unpaired) electrons. The molecular formula is C17H27N5O. The SMILES string of the molecule is C[C@@H]1CCN(C(=O)N(C)C)CC1N(C)c1ccnc2c1CCN2. The number of aromatic nitrogens is 1. The van der Waals surface area contributed by atoms with Gasteiger partial charge in [0.15, 0.2) is 0 Å². The topological polar surface area (TPSA) is 51.7 Å². The van der Waals surface area contributed by atoms with Crippen molar-refractivity contribution in [1.29, 1.82) is 0 Å². The van der Waals surface area contributed by atoms with Gasteiger partial charge in [-0.2, -0.15) is 0 Å². The summed E-state index contributed by atoms with van der Waals surface area (Å²) < 4.78 is 0. The zero-order chi connectivity index (χ0) is 16.6. The number of amides is 2. The number of anilines is 2. The van der Waals surface area contributed by atoms with Crippen LogP contribution in [0, 0.1) is 5.92 Å². The van der Waals surface area contributed by atoms with Gasteiger partial charge in [-0.1, -0.05) is 6.92 Å². The number of hydrogen-bond acceptors (Lipinski definition) is 4. The molecule has 2 amide bonds. The molecule has 2 aliphatic heterocycles. The number of piperidine rings is 1. The molecule has 0 spiro atoms. The second-order valence-corrected chi connectivity index (χ2v) is 6.90. The van der Waals surface area contributed by atoms with Crippen LogP contribution in [0.4, 0.5) is 16.3 Å². The Morgan fingerprint density at radius 1 is 1.39 bits per heavy atom. The molecule has 6 heteroatoms.